The van der Waals surface area contributed by atoms with Crippen molar-refractivity contribution in [2.45, 2.75) is 39.0 Å². The lowest BCUT2D eigenvalue weighted by Crippen LogP contribution is -2.47. The van der Waals surface area contributed by atoms with Gasteiger partial charge in [0.25, 0.3) is 0 Å². The lowest BCUT2D eigenvalue weighted by atomic mass is 9.85. The highest BCUT2D eigenvalue weighted by Crippen LogP contribution is 2.25. The summed E-state index contributed by atoms with van der Waals surface area (Å²) in [4.78, 5) is 18.7. The first kappa shape index (κ1) is 23.7. The number of nitrogens with one attached hydrogen (secondary N) is 1. The Bertz CT molecular complexity index is 644. The normalized spacial score (nSPS) is 15.9. The summed E-state index contributed by atoms with van der Waals surface area (Å²) in [6, 6.07) is 6.70. The molecule has 0 spiro atoms. The zero-order valence-electron chi connectivity index (χ0n) is 16.6. The Morgan fingerprint density at radius 3 is 2.59 bits per heavy atom. The number of ether oxygens (including phenoxy) is 1. The molecule has 1 aliphatic rings. The van der Waals surface area contributed by atoms with E-state index in [2.05, 4.69) is 24.1 Å². The van der Waals surface area contributed by atoms with Crippen molar-refractivity contribution < 1.29 is 13.9 Å². The zero-order valence-corrected chi connectivity index (χ0v) is 19.0. The number of hydrogen-bond donors (Lipinski definition) is 1. The summed E-state index contributed by atoms with van der Waals surface area (Å²) < 4.78 is 18.4. The van der Waals surface area contributed by atoms with Crippen molar-refractivity contribution in [3.8, 4) is 0 Å². The van der Waals surface area contributed by atoms with E-state index in [0.29, 0.717) is 6.54 Å². The molecule has 27 heavy (non-hydrogen) atoms. The number of carbonyl (C=O) groups excluding carboxylic acids is 1. The first-order valence-corrected chi connectivity index (χ1v) is 9.24. The minimum Gasteiger partial charge on any atom is -0.469 e. The Balaban J connectivity index is 0.00000364. The third-order valence-electron chi connectivity index (χ3n) is 4.89. The largest absolute Gasteiger partial charge is 0.469 e. The predicted octanol–water partition coefficient (Wildman–Crippen LogP) is 3.57. The summed E-state index contributed by atoms with van der Waals surface area (Å²) in [6.07, 6.45) is 1.54. The Morgan fingerprint density at radius 2 is 2.04 bits per heavy atom. The van der Waals surface area contributed by atoms with E-state index in [4.69, 9.17) is 9.73 Å². The van der Waals surface area contributed by atoms with Gasteiger partial charge in [-0.15, -0.1) is 24.0 Å². The van der Waals surface area contributed by atoms with Crippen LogP contribution >= 0.6 is 24.0 Å². The van der Waals surface area contributed by atoms with Gasteiger partial charge >= 0.3 is 5.97 Å². The Hall–Kier alpha value is -1.38. The average Bonchev–Trinajstić information content (AvgIpc) is 2.64. The molecule has 0 aromatic heterocycles. The van der Waals surface area contributed by atoms with Gasteiger partial charge in [-0.05, 0) is 37.5 Å². The van der Waals surface area contributed by atoms with Crippen LogP contribution in [-0.2, 0) is 14.9 Å². The maximum atomic E-state index is 13.5. The smallest absolute Gasteiger partial charge is 0.308 e. The molecule has 0 bridgehead atoms. The van der Waals surface area contributed by atoms with Crippen LogP contribution in [0.4, 0.5) is 4.39 Å². The van der Waals surface area contributed by atoms with Gasteiger partial charge in [0.05, 0.1) is 19.6 Å². The molecule has 1 fully saturated rings. The number of piperidine rings is 1. The molecule has 1 aromatic rings. The van der Waals surface area contributed by atoms with Crippen molar-refractivity contribution in [2.75, 3.05) is 33.3 Å². The third kappa shape index (κ3) is 6.62. The molecule has 0 radical (unpaired) electrons. The van der Waals surface area contributed by atoms with Gasteiger partial charge in [0.1, 0.15) is 5.82 Å². The van der Waals surface area contributed by atoms with Crippen LogP contribution in [0.25, 0.3) is 0 Å². The number of carbonyl (C=O) groups is 1. The van der Waals surface area contributed by atoms with Gasteiger partial charge in [0.2, 0.25) is 0 Å². The number of likely N-dealkylation sites (tertiary alicyclic amines) is 1. The lowest BCUT2D eigenvalue weighted by molar-refractivity contribution is -0.146. The van der Waals surface area contributed by atoms with Gasteiger partial charge in [-0.1, -0.05) is 26.0 Å². The van der Waals surface area contributed by atoms with Gasteiger partial charge < -0.3 is 15.0 Å². The molecule has 2 rings (SSSR count). The molecule has 0 atom stereocenters. The monoisotopic (exact) mass is 491 g/mol. The number of methoxy groups -OCH3 is 1. The average molecular weight is 491 g/mol. The molecule has 0 saturated carbocycles. The van der Waals surface area contributed by atoms with Crippen molar-refractivity contribution in [3.05, 3.63) is 35.6 Å². The van der Waals surface area contributed by atoms with Crippen LogP contribution in [-0.4, -0.2) is 50.1 Å². The lowest BCUT2D eigenvalue weighted by Gasteiger charge is -2.34. The van der Waals surface area contributed by atoms with E-state index in [0.717, 1.165) is 44.0 Å². The van der Waals surface area contributed by atoms with Crippen LogP contribution < -0.4 is 5.32 Å². The van der Waals surface area contributed by atoms with E-state index in [-0.39, 0.29) is 47.1 Å². The fourth-order valence-corrected chi connectivity index (χ4v) is 3.19. The van der Waals surface area contributed by atoms with Crippen molar-refractivity contribution in [2.24, 2.45) is 10.9 Å². The Kier molecular flexibility index (Phi) is 9.49. The fourth-order valence-electron chi connectivity index (χ4n) is 3.19. The van der Waals surface area contributed by atoms with Crippen molar-refractivity contribution in [1.29, 1.82) is 0 Å². The molecule has 5 nitrogen and oxygen atoms in total. The van der Waals surface area contributed by atoms with Gasteiger partial charge in [-0.3, -0.25) is 9.79 Å². The first-order valence-electron chi connectivity index (χ1n) is 9.24. The first-order chi connectivity index (χ1) is 12.4. The van der Waals surface area contributed by atoms with Crippen LogP contribution in [0.5, 0.6) is 0 Å². The van der Waals surface area contributed by atoms with Crippen LogP contribution in [0.2, 0.25) is 0 Å². The van der Waals surface area contributed by atoms with Gasteiger partial charge in [0, 0.05) is 25.0 Å². The summed E-state index contributed by atoms with van der Waals surface area (Å²) in [5.74, 6) is 0.471. The minimum absolute atomic E-state index is 0. The fraction of sp³-hybridized carbons (Fsp3) is 0.600. The zero-order chi connectivity index (χ0) is 19.2. The van der Waals surface area contributed by atoms with E-state index in [1.54, 1.807) is 12.1 Å². The maximum absolute atomic E-state index is 13.5. The molecule has 1 saturated heterocycles. The number of esters is 1. The van der Waals surface area contributed by atoms with Crippen LogP contribution in [0, 0.1) is 11.7 Å². The molecule has 7 heteroatoms. The molecular weight excluding hydrogens is 460 g/mol. The second-order valence-electron chi connectivity index (χ2n) is 7.35. The number of nitrogens with zero attached hydrogens (tertiary/aromatic N) is 2. The number of aliphatic imine (C=N–C) groups is 1. The molecule has 1 aromatic carbocycles. The standard InChI is InChI=1S/C20H30FN3O2.HI/c1-5-22-19(24-11-9-15(10-12-24)18(25)26-4)23-14-20(2,3)16-7-6-8-17(21)13-16;/h6-8,13,15H,5,9-12,14H2,1-4H3,(H,22,23);1H. The Labute approximate surface area is 178 Å². The molecule has 152 valence electrons. The summed E-state index contributed by atoms with van der Waals surface area (Å²) in [5, 5.41) is 3.33. The number of rotatable bonds is 5. The van der Waals surface area contributed by atoms with Gasteiger partial charge in [-0.25, -0.2) is 4.39 Å². The Morgan fingerprint density at radius 1 is 1.37 bits per heavy atom. The van der Waals surface area contributed by atoms with Crippen LogP contribution in [0.15, 0.2) is 29.3 Å². The number of guanidine groups is 1. The minimum atomic E-state index is -0.271. The quantitative estimate of drug-likeness (QED) is 0.296. The summed E-state index contributed by atoms with van der Waals surface area (Å²) in [7, 11) is 1.44. The van der Waals surface area contributed by atoms with Crippen LogP contribution in [0.1, 0.15) is 39.2 Å². The van der Waals surface area contributed by atoms with E-state index in [9.17, 15) is 9.18 Å². The molecular formula is C20H31FIN3O2. The second kappa shape index (κ2) is 10.8. The molecule has 1 aliphatic heterocycles. The highest BCUT2D eigenvalue weighted by Gasteiger charge is 2.28. The van der Waals surface area contributed by atoms with Crippen molar-refractivity contribution in [3.63, 3.8) is 0 Å². The number of benzene rings is 1. The van der Waals surface area contributed by atoms with E-state index in [1.165, 1.54) is 13.2 Å². The highest BCUT2D eigenvalue weighted by molar-refractivity contribution is 14.0. The molecule has 0 amide bonds. The van der Waals surface area contributed by atoms with Crippen LogP contribution in [0.3, 0.4) is 0 Å². The topological polar surface area (TPSA) is 53.9 Å². The van der Waals surface area contributed by atoms with Gasteiger partial charge in [0.15, 0.2) is 5.96 Å². The summed E-state index contributed by atoms with van der Waals surface area (Å²) in [5.41, 5.74) is 0.661. The summed E-state index contributed by atoms with van der Waals surface area (Å²) >= 11 is 0. The maximum Gasteiger partial charge on any atom is 0.308 e. The molecule has 0 unspecified atom stereocenters. The van der Waals surface area contributed by atoms with E-state index in [1.807, 2.05) is 13.0 Å². The van der Waals surface area contributed by atoms with Crippen molar-refractivity contribution in [1.82, 2.24) is 10.2 Å². The van der Waals surface area contributed by atoms with Crippen molar-refractivity contribution >= 4 is 35.9 Å². The number of hydrogen-bond acceptors (Lipinski definition) is 3. The number of halogens is 2. The molecule has 1 N–H and O–H groups in total. The third-order valence-corrected chi connectivity index (χ3v) is 4.89. The SMILES string of the molecule is CCNC(=NCC(C)(C)c1cccc(F)c1)N1CCC(C(=O)OC)CC1.I. The van der Waals surface area contributed by atoms with E-state index < -0.39 is 0 Å². The summed E-state index contributed by atoms with van der Waals surface area (Å²) in [6.45, 7) is 9.04. The van der Waals surface area contributed by atoms with E-state index >= 15 is 0 Å². The highest BCUT2D eigenvalue weighted by atomic mass is 127. The molecule has 0 aliphatic carbocycles. The predicted molar refractivity (Wildman–Crippen MR) is 117 cm³/mol. The molecule has 1 heterocycles. The second-order valence-corrected chi connectivity index (χ2v) is 7.35. The van der Waals surface area contributed by atoms with Gasteiger partial charge in [-0.2, -0.15) is 0 Å².